The van der Waals surface area contributed by atoms with Crippen LogP contribution in [0.25, 0.3) is 0 Å². The molecule has 2 saturated heterocycles. The summed E-state index contributed by atoms with van der Waals surface area (Å²) in [6.07, 6.45) is 0.787. The predicted molar refractivity (Wildman–Crippen MR) is 65.6 cm³/mol. The Hall–Kier alpha value is 0.230. The zero-order valence-electron chi connectivity index (χ0n) is 9.74. The minimum Gasteiger partial charge on any atom is -0.373 e. The number of hydrogen-bond donors (Lipinski definition) is 1. The van der Waals surface area contributed by atoms with Crippen molar-refractivity contribution in [3.05, 3.63) is 0 Å². The molecule has 3 atom stereocenters. The number of hydrogen-bond acceptors (Lipinski definition) is 4. The van der Waals surface area contributed by atoms with Crippen LogP contribution in [0.15, 0.2) is 0 Å². The van der Waals surface area contributed by atoms with E-state index in [4.69, 9.17) is 4.74 Å². The maximum Gasteiger partial charge on any atom is 0.0678 e. The highest BCUT2D eigenvalue weighted by atomic mass is 32.2. The molecule has 0 aromatic heterocycles. The highest BCUT2D eigenvalue weighted by molar-refractivity contribution is 7.99. The molecule has 2 aliphatic rings. The summed E-state index contributed by atoms with van der Waals surface area (Å²) in [4.78, 5) is 2.54. The molecule has 88 valence electrons. The van der Waals surface area contributed by atoms with E-state index in [9.17, 15) is 0 Å². The molecule has 0 spiro atoms. The fourth-order valence-electron chi connectivity index (χ4n) is 2.48. The van der Waals surface area contributed by atoms with Crippen LogP contribution in [0.2, 0.25) is 0 Å². The van der Waals surface area contributed by atoms with Crippen molar-refractivity contribution in [3.8, 4) is 0 Å². The minimum absolute atomic E-state index is 0.394. The summed E-state index contributed by atoms with van der Waals surface area (Å²) in [5.74, 6) is 2.53. The van der Waals surface area contributed by atoms with Gasteiger partial charge in [0.1, 0.15) is 0 Å². The van der Waals surface area contributed by atoms with Gasteiger partial charge >= 0.3 is 0 Å². The first-order chi connectivity index (χ1) is 7.24. The third kappa shape index (κ3) is 3.63. The normalized spacial score (nSPS) is 39.2. The van der Waals surface area contributed by atoms with Gasteiger partial charge in [-0.1, -0.05) is 0 Å². The Bertz CT molecular complexity index is 187. The number of morpholine rings is 1. The SMILES string of the molecule is CC1CN(CC2CSCCN2)CC(C)O1. The van der Waals surface area contributed by atoms with Gasteiger partial charge in [0.2, 0.25) is 0 Å². The van der Waals surface area contributed by atoms with Crippen LogP contribution in [0, 0.1) is 0 Å². The highest BCUT2D eigenvalue weighted by Gasteiger charge is 2.24. The number of thioether (sulfide) groups is 1. The standard InChI is InChI=1S/C11H22N2OS/c1-9-5-13(6-10(2)14-9)7-11-8-15-4-3-12-11/h9-12H,3-8H2,1-2H3. The summed E-state index contributed by atoms with van der Waals surface area (Å²) < 4.78 is 5.74. The molecular formula is C11H22N2OS. The molecule has 2 heterocycles. The first-order valence-electron chi connectivity index (χ1n) is 5.93. The minimum atomic E-state index is 0.394. The van der Waals surface area contributed by atoms with Gasteiger partial charge in [-0.2, -0.15) is 11.8 Å². The molecule has 4 heteroatoms. The van der Waals surface area contributed by atoms with E-state index >= 15 is 0 Å². The van der Waals surface area contributed by atoms with Crippen LogP contribution in [0.1, 0.15) is 13.8 Å². The van der Waals surface area contributed by atoms with Crippen LogP contribution in [0.4, 0.5) is 0 Å². The van der Waals surface area contributed by atoms with E-state index in [1.807, 2.05) is 0 Å². The second-order valence-electron chi connectivity index (χ2n) is 4.70. The lowest BCUT2D eigenvalue weighted by Crippen LogP contribution is -2.52. The van der Waals surface area contributed by atoms with E-state index in [0.717, 1.165) is 13.1 Å². The van der Waals surface area contributed by atoms with E-state index in [-0.39, 0.29) is 0 Å². The van der Waals surface area contributed by atoms with Crippen LogP contribution in [-0.4, -0.2) is 60.8 Å². The van der Waals surface area contributed by atoms with E-state index in [1.165, 1.54) is 24.6 Å². The summed E-state index contributed by atoms with van der Waals surface area (Å²) in [5, 5.41) is 3.59. The van der Waals surface area contributed by atoms with Gasteiger partial charge in [0.05, 0.1) is 12.2 Å². The first-order valence-corrected chi connectivity index (χ1v) is 7.08. The molecule has 0 aromatic carbocycles. The second-order valence-corrected chi connectivity index (χ2v) is 5.85. The van der Waals surface area contributed by atoms with Gasteiger partial charge in [0, 0.05) is 43.7 Å². The summed E-state index contributed by atoms with van der Waals surface area (Å²) in [7, 11) is 0. The molecule has 15 heavy (non-hydrogen) atoms. The van der Waals surface area contributed by atoms with Crippen LogP contribution >= 0.6 is 11.8 Å². The fraction of sp³-hybridized carbons (Fsp3) is 1.00. The van der Waals surface area contributed by atoms with Gasteiger partial charge in [-0.3, -0.25) is 4.90 Å². The molecule has 2 fully saturated rings. The third-order valence-corrected chi connectivity index (χ3v) is 4.10. The van der Waals surface area contributed by atoms with E-state index < -0.39 is 0 Å². The average molecular weight is 230 g/mol. The lowest BCUT2D eigenvalue weighted by molar-refractivity contribution is -0.0693. The maximum absolute atomic E-state index is 5.74. The zero-order chi connectivity index (χ0) is 10.7. The number of ether oxygens (including phenoxy) is 1. The van der Waals surface area contributed by atoms with E-state index in [2.05, 4.69) is 35.8 Å². The van der Waals surface area contributed by atoms with Crippen LogP contribution in [-0.2, 0) is 4.74 Å². The van der Waals surface area contributed by atoms with Crippen molar-refractivity contribution in [2.45, 2.75) is 32.1 Å². The zero-order valence-corrected chi connectivity index (χ0v) is 10.6. The molecule has 0 radical (unpaired) electrons. The Kier molecular flexibility index (Phi) is 4.31. The van der Waals surface area contributed by atoms with Crippen molar-refractivity contribution in [1.29, 1.82) is 0 Å². The Morgan fingerprint density at radius 1 is 1.33 bits per heavy atom. The van der Waals surface area contributed by atoms with Crippen molar-refractivity contribution in [1.82, 2.24) is 10.2 Å². The Labute approximate surface area is 96.9 Å². The van der Waals surface area contributed by atoms with E-state index in [1.54, 1.807) is 0 Å². The van der Waals surface area contributed by atoms with Crippen molar-refractivity contribution >= 4 is 11.8 Å². The summed E-state index contributed by atoms with van der Waals surface area (Å²) >= 11 is 2.07. The lowest BCUT2D eigenvalue weighted by atomic mass is 10.2. The van der Waals surface area contributed by atoms with E-state index in [0.29, 0.717) is 18.2 Å². The second kappa shape index (κ2) is 5.53. The number of rotatable bonds is 2. The summed E-state index contributed by atoms with van der Waals surface area (Å²) in [6.45, 7) is 8.88. The average Bonchev–Trinajstić information content (AvgIpc) is 2.17. The van der Waals surface area contributed by atoms with Crippen molar-refractivity contribution < 1.29 is 4.74 Å². The molecule has 0 amide bonds. The highest BCUT2D eigenvalue weighted by Crippen LogP contribution is 2.13. The van der Waals surface area contributed by atoms with Gasteiger partial charge in [0.25, 0.3) is 0 Å². The molecular weight excluding hydrogens is 208 g/mol. The predicted octanol–water partition coefficient (Wildman–Crippen LogP) is 0.801. The fourth-order valence-corrected chi connectivity index (χ4v) is 3.42. The summed E-state index contributed by atoms with van der Waals surface area (Å²) in [5.41, 5.74) is 0. The number of nitrogens with one attached hydrogen (secondary N) is 1. The Morgan fingerprint density at radius 3 is 2.67 bits per heavy atom. The Balaban J connectivity index is 1.77. The van der Waals surface area contributed by atoms with Crippen LogP contribution in [0.3, 0.4) is 0 Å². The van der Waals surface area contributed by atoms with Crippen molar-refractivity contribution in [2.24, 2.45) is 0 Å². The molecule has 3 nitrogen and oxygen atoms in total. The summed E-state index contributed by atoms with van der Waals surface area (Å²) in [6, 6.07) is 0.682. The first kappa shape index (κ1) is 11.7. The lowest BCUT2D eigenvalue weighted by Gasteiger charge is -2.38. The topological polar surface area (TPSA) is 24.5 Å². The smallest absolute Gasteiger partial charge is 0.0678 e. The van der Waals surface area contributed by atoms with Crippen LogP contribution in [0.5, 0.6) is 0 Å². The Morgan fingerprint density at radius 2 is 2.07 bits per heavy atom. The van der Waals surface area contributed by atoms with Gasteiger partial charge < -0.3 is 10.1 Å². The van der Waals surface area contributed by atoms with Gasteiger partial charge in [-0.05, 0) is 13.8 Å². The molecule has 3 unspecified atom stereocenters. The maximum atomic E-state index is 5.74. The van der Waals surface area contributed by atoms with Gasteiger partial charge in [-0.25, -0.2) is 0 Å². The monoisotopic (exact) mass is 230 g/mol. The molecule has 1 N–H and O–H groups in total. The largest absolute Gasteiger partial charge is 0.373 e. The van der Waals surface area contributed by atoms with Crippen molar-refractivity contribution in [3.63, 3.8) is 0 Å². The van der Waals surface area contributed by atoms with Gasteiger partial charge in [0.15, 0.2) is 0 Å². The number of nitrogens with zero attached hydrogens (tertiary/aromatic N) is 1. The molecule has 2 aliphatic heterocycles. The molecule has 2 rings (SSSR count). The van der Waals surface area contributed by atoms with Crippen molar-refractivity contribution in [2.75, 3.05) is 37.7 Å². The molecule has 0 bridgehead atoms. The molecule has 0 aromatic rings. The molecule has 0 saturated carbocycles. The van der Waals surface area contributed by atoms with Crippen LogP contribution < -0.4 is 5.32 Å². The molecule has 0 aliphatic carbocycles. The van der Waals surface area contributed by atoms with Gasteiger partial charge in [-0.15, -0.1) is 0 Å². The quantitative estimate of drug-likeness (QED) is 0.758. The third-order valence-electron chi connectivity index (χ3n) is 2.97.